The minimum Gasteiger partial charge on any atom is -0.493 e. The topological polar surface area (TPSA) is 94.1 Å². The third kappa shape index (κ3) is 4.69. The molecular formula is C21H31NO6. The normalized spacial score (nSPS) is 21.6. The number of aliphatic carboxylic acids is 1. The Morgan fingerprint density at radius 3 is 2.25 bits per heavy atom. The summed E-state index contributed by atoms with van der Waals surface area (Å²) in [6.07, 6.45) is 4.22. The minimum absolute atomic E-state index is 0.165. The second-order valence-corrected chi connectivity index (χ2v) is 7.28. The number of carbonyl (C=O) groups excluding carboxylic acids is 1. The first-order valence-corrected chi connectivity index (χ1v) is 9.73. The van der Waals surface area contributed by atoms with Crippen LogP contribution in [-0.4, -0.2) is 43.9 Å². The summed E-state index contributed by atoms with van der Waals surface area (Å²) in [6.45, 7) is 2.12. The van der Waals surface area contributed by atoms with Crippen LogP contribution in [0.1, 0.15) is 51.0 Å². The molecule has 0 radical (unpaired) electrons. The van der Waals surface area contributed by atoms with Crippen molar-refractivity contribution in [2.24, 2.45) is 5.92 Å². The van der Waals surface area contributed by atoms with Crippen molar-refractivity contribution in [3.8, 4) is 17.2 Å². The monoisotopic (exact) mass is 393 g/mol. The number of hydrogen-bond acceptors (Lipinski definition) is 5. The van der Waals surface area contributed by atoms with Gasteiger partial charge in [0.1, 0.15) is 5.54 Å². The van der Waals surface area contributed by atoms with E-state index in [0.29, 0.717) is 42.4 Å². The van der Waals surface area contributed by atoms with E-state index in [4.69, 9.17) is 14.2 Å². The Balaban J connectivity index is 2.06. The van der Waals surface area contributed by atoms with E-state index in [9.17, 15) is 14.7 Å². The van der Waals surface area contributed by atoms with Crippen molar-refractivity contribution in [1.82, 2.24) is 5.32 Å². The Kier molecular flexibility index (Phi) is 7.54. The Hall–Kier alpha value is -2.44. The highest BCUT2D eigenvalue weighted by Crippen LogP contribution is 2.40. The van der Waals surface area contributed by atoms with E-state index in [1.807, 2.05) is 6.07 Å². The van der Waals surface area contributed by atoms with Crippen molar-refractivity contribution in [2.45, 2.75) is 57.4 Å². The third-order valence-electron chi connectivity index (χ3n) is 5.73. The van der Waals surface area contributed by atoms with Crippen LogP contribution in [0.25, 0.3) is 0 Å². The average molecular weight is 393 g/mol. The molecule has 2 rings (SSSR count). The van der Waals surface area contributed by atoms with Gasteiger partial charge in [-0.1, -0.05) is 19.4 Å². The second-order valence-electron chi connectivity index (χ2n) is 7.28. The number of nitrogens with one attached hydrogen (secondary N) is 1. The number of hydrogen-bond donors (Lipinski definition) is 2. The van der Waals surface area contributed by atoms with Gasteiger partial charge in [-0.05, 0) is 49.7 Å². The summed E-state index contributed by atoms with van der Waals surface area (Å²) in [5, 5.41) is 12.5. The molecule has 1 amide bonds. The molecule has 1 saturated carbocycles. The number of carbonyl (C=O) groups is 2. The molecule has 7 nitrogen and oxygen atoms in total. The van der Waals surface area contributed by atoms with E-state index in [0.717, 1.165) is 24.8 Å². The predicted octanol–water partition coefficient (Wildman–Crippen LogP) is 3.18. The highest BCUT2D eigenvalue weighted by atomic mass is 16.5. The van der Waals surface area contributed by atoms with Gasteiger partial charge < -0.3 is 24.6 Å². The van der Waals surface area contributed by atoms with Crippen LogP contribution >= 0.6 is 0 Å². The first-order valence-electron chi connectivity index (χ1n) is 9.73. The summed E-state index contributed by atoms with van der Waals surface area (Å²) in [5.74, 6) is 0.868. The van der Waals surface area contributed by atoms with Crippen LogP contribution in [0.4, 0.5) is 0 Å². The van der Waals surface area contributed by atoms with Gasteiger partial charge in [-0.3, -0.25) is 4.79 Å². The second kappa shape index (κ2) is 9.66. The van der Waals surface area contributed by atoms with E-state index in [1.54, 1.807) is 13.2 Å². The number of ether oxygens (including phenoxy) is 3. The lowest BCUT2D eigenvalue weighted by Crippen LogP contribution is -2.56. The molecule has 7 heteroatoms. The molecule has 156 valence electrons. The fourth-order valence-electron chi connectivity index (χ4n) is 3.91. The molecule has 1 fully saturated rings. The first-order chi connectivity index (χ1) is 13.4. The van der Waals surface area contributed by atoms with Gasteiger partial charge in [0.05, 0.1) is 21.3 Å². The van der Waals surface area contributed by atoms with Crippen LogP contribution in [0.15, 0.2) is 12.1 Å². The first kappa shape index (κ1) is 21.9. The number of rotatable bonds is 9. The van der Waals surface area contributed by atoms with Crippen molar-refractivity contribution in [3.63, 3.8) is 0 Å². The molecule has 0 bridgehead atoms. The van der Waals surface area contributed by atoms with Crippen LogP contribution in [0.5, 0.6) is 17.2 Å². The van der Waals surface area contributed by atoms with Gasteiger partial charge in [-0.15, -0.1) is 0 Å². The molecule has 1 aromatic carbocycles. The number of carboxylic acids is 1. The summed E-state index contributed by atoms with van der Waals surface area (Å²) in [5.41, 5.74) is -0.348. The molecule has 0 aliphatic heterocycles. The average Bonchev–Trinajstić information content (AvgIpc) is 2.71. The lowest BCUT2D eigenvalue weighted by molar-refractivity contribution is -0.149. The highest BCUT2D eigenvalue weighted by Gasteiger charge is 2.42. The highest BCUT2D eigenvalue weighted by molar-refractivity contribution is 5.87. The van der Waals surface area contributed by atoms with Crippen LogP contribution in [-0.2, 0) is 16.0 Å². The Bertz CT molecular complexity index is 694. The van der Waals surface area contributed by atoms with Gasteiger partial charge in [-0.25, -0.2) is 4.79 Å². The van der Waals surface area contributed by atoms with Crippen LogP contribution < -0.4 is 19.5 Å². The van der Waals surface area contributed by atoms with E-state index in [2.05, 4.69) is 12.2 Å². The van der Waals surface area contributed by atoms with Gasteiger partial charge in [-0.2, -0.15) is 0 Å². The van der Waals surface area contributed by atoms with Gasteiger partial charge in [0.15, 0.2) is 11.5 Å². The van der Waals surface area contributed by atoms with Crippen LogP contribution in [0.3, 0.4) is 0 Å². The third-order valence-corrected chi connectivity index (χ3v) is 5.73. The number of carboxylic acid groups (broad SMARTS) is 1. The van der Waals surface area contributed by atoms with Gasteiger partial charge in [0.25, 0.3) is 0 Å². The molecule has 0 unspecified atom stereocenters. The molecule has 0 heterocycles. The van der Waals surface area contributed by atoms with E-state index in [-0.39, 0.29) is 12.3 Å². The van der Waals surface area contributed by atoms with Crippen LogP contribution in [0, 0.1) is 5.92 Å². The Morgan fingerprint density at radius 1 is 1.11 bits per heavy atom. The van der Waals surface area contributed by atoms with E-state index < -0.39 is 11.5 Å². The van der Waals surface area contributed by atoms with Crippen molar-refractivity contribution >= 4 is 11.9 Å². The molecule has 0 atom stereocenters. The zero-order valence-electron chi connectivity index (χ0n) is 17.2. The summed E-state index contributed by atoms with van der Waals surface area (Å²) in [4.78, 5) is 24.4. The predicted molar refractivity (Wildman–Crippen MR) is 105 cm³/mol. The zero-order valence-corrected chi connectivity index (χ0v) is 17.2. The van der Waals surface area contributed by atoms with Crippen molar-refractivity contribution in [1.29, 1.82) is 0 Å². The van der Waals surface area contributed by atoms with Gasteiger partial charge in [0.2, 0.25) is 11.7 Å². The lowest BCUT2D eigenvalue weighted by Gasteiger charge is -2.37. The quantitative estimate of drug-likeness (QED) is 0.669. The molecule has 1 aromatic rings. The van der Waals surface area contributed by atoms with Crippen molar-refractivity contribution in [2.75, 3.05) is 21.3 Å². The maximum atomic E-state index is 12.6. The molecule has 0 saturated heterocycles. The van der Waals surface area contributed by atoms with Crippen LogP contribution in [0.2, 0.25) is 0 Å². The number of amides is 1. The summed E-state index contributed by atoms with van der Waals surface area (Å²) >= 11 is 0. The zero-order chi connectivity index (χ0) is 20.7. The van der Waals surface area contributed by atoms with Crippen molar-refractivity contribution < 1.29 is 28.9 Å². The fraction of sp³-hybridized carbons (Fsp3) is 0.619. The maximum absolute atomic E-state index is 12.6. The fourth-order valence-corrected chi connectivity index (χ4v) is 3.91. The largest absolute Gasteiger partial charge is 0.493 e. The van der Waals surface area contributed by atoms with Gasteiger partial charge >= 0.3 is 5.97 Å². The van der Waals surface area contributed by atoms with E-state index >= 15 is 0 Å². The molecule has 28 heavy (non-hydrogen) atoms. The number of benzene rings is 1. The number of aryl methyl sites for hydroxylation is 1. The Morgan fingerprint density at radius 2 is 1.75 bits per heavy atom. The summed E-state index contributed by atoms with van der Waals surface area (Å²) < 4.78 is 16.1. The van der Waals surface area contributed by atoms with Crippen molar-refractivity contribution in [3.05, 3.63) is 17.7 Å². The summed E-state index contributed by atoms with van der Waals surface area (Å²) in [7, 11) is 4.61. The standard InChI is InChI=1S/C21H31NO6/c1-5-14-10-12-21(13-11-14,20(24)25)22-17(23)9-7-15-6-8-16(26-2)19(28-4)18(15)27-3/h6,8,14H,5,7,9-13H2,1-4H3,(H,22,23)(H,24,25). The van der Waals surface area contributed by atoms with E-state index in [1.165, 1.54) is 14.2 Å². The SMILES string of the molecule is CCC1CCC(NC(=O)CCc2ccc(OC)c(OC)c2OC)(C(=O)O)CC1. The maximum Gasteiger partial charge on any atom is 0.329 e. The summed E-state index contributed by atoms with van der Waals surface area (Å²) in [6, 6.07) is 3.59. The minimum atomic E-state index is -1.15. The number of methoxy groups -OCH3 is 3. The molecule has 0 aromatic heterocycles. The Labute approximate surface area is 166 Å². The molecule has 1 aliphatic rings. The molecular weight excluding hydrogens is 362 g/mol. The molecule has 0 spiro atoms. The molecule has 1 aliphatic carbocycles. The molecule has 2 N–H and O–H groups in total. The smallest absolute Gasteiger partial charge is 0.329 e. The van der Waals surface area contributed by atoms with Gasteiger partial charge in [0, 0.05) is 6.42 Å². The lowest BCUT2D eigenvalue weighted by atomic mass is 9.75.